The van der Waals surface area contributed by atoms with Crippen LogP contribution in [0, 0.1) is 11.3 Å². The van der Waals surface area contributed by atoms with Crippen LogP contribution in [0.15, 0.2) is 77.7 Å². The average molecular weight is 461 g/mol. The second-order valence-electron chi connectivity index (χ2n) is 6.08. The van der Waals surface area contributed by atoms with Gasteiger partial charge in [0.15, 0.2) is 11.7 Å². The largest absolute Gasteiger partial charge is 0.422 e. The van der Waals surface area contributed by atoms with Gasteiger partial charge in [0.1, 0.15) is 0 Å². The number of halogens is 2. The van der Waals surface area contributed by atoms with Gasteiger partial charge in [-0.05, 0) is 29.8 Å². The van der Waals surface area contributed by atoms with Crippen molar-refractivity contribution in [2.75, 3.05) is 4.72 Å². The summed E-state index contributed by atoms with van der Waals surface area (Å²) in [5, 5.41) is 9.17. The molecule has 30 heavy (non-hydrogen) atoms. The van der Waals surface area contributed by atoms with Gasteiger partial charge in [0.25, 0.3) is 10.0 Å². The van der Waals surface area contributed by atoms with Crippen molar-refractivity contribution in [1.82, 2.24) is 0 Å². The van der Waals surface area contributed by atoms with Crippen LogP contribution in [0.25, 0.3) is 0 Å². The molecule has 1 unspecified atom stereocenters. The smallest absolute Gasteiger partial charge is 0.333 e. The first-order chi connectivity index (χ1) is 14.3. The fraction of sp³-hybridized carbons (Fsp3) is 0.0476. The monoisotopic (exact) mass is 460 g/mol. The topological polar surface area (TPSA) is 96.3 Å². The SMILES string of the molecule is N#CC(C(=O)Oc1c(Cl)cc(NS(=O)(=O)c2ccccc2)cc1Cl)c1ccccc1. The molecule has 3 rings (SSSR count). The van der Waals surface area contributed by atoms with Gasteiger partial charge in [0, 0.05) is 0 Å². The van der Waals surface area contributed by atoms with Crippen LogP contribution >= 0.6 is 23.2 Å². The molecule has 0 aromatic heterocycles. The lowest BCUT2D eigenvalue weighted by Crippen LogP contribution is -2.18. The van der Waals surface area contributed by atoms with Gasteiger partial charge >= 0.3 is 5.97 Å². The summed E-state index contributed by atoms with van der Waals surface area (Å²) in [5.74, 6) is -2.19. The molecule has 6 nitrogen and oxygen atoms in total. The zero-order chi connectivity index (χ0) is 21.7. The molecule has 3 aromatic carbocycles. The Hall–Kier alpha value is -3.05. The van der Waals surface area contributed by atoms with E-state index in [-0.39, 0.29) is 26.4 Å². The van der Waals surface area contributed by atoms with E-state index in [9.17, 15) is 18.5 Å². The van der Waals surface area contributed by atoms with Crippen molar-refractivity contribution in [3.63, 3.8) is 0 Å². The average Bonchev–Trinajstić information content (AvgIpc) is 2.72. The maximum atomic E-state index is 12.5. The van der Waals surface area contributed by atoms with E-state index in [1.165, 1.54) is 24.3 Å². The highest BCUT2D eigenvalue weighted by atomic mass is 35.5. The first kappa shape index (κ1) is 21.7. The van der Waals surface area contributed by atoms with Gasteiger partial charge in [-0.2, -0.15) is 5.26 Å². The maximum absolute atomic E-state index is 12.5. The lowest BCUT2D eigenvalue weighted by atomic mass is 10.0. The first-order valence-corrected chi connectivity index (χ1v) is 10.8. The van der Waals surface area contributed by atoms with E-state index in [2.05, 4.69) is 4.72 Å². The summed E-state index contributed by atoms with van der Waals surface area (Å²) in [4.78, 5) is 12.5. The molecule has 0 spiro atoms. The Morgan fingerprint density at radius 3 is 2.03 bits per heavy atom. The molecule has 0 bridgehead atoms. The molecule has 0 saturated carbocycles. The van der Waals surface area contributed by atoms with Crippen molar-refractivity contribution in [2.24, 2.45) is 0 Å². The zero-order valence-electron chi connectivity index (χ0n) is 15.2. The number of benzene rings is 3. The zero-order valence-corrected chi connectivity index (χ0v) is 17.6. The number of nitriles is 1. The molecular formula is C21H14Cl2N2O4S. The van der Waals surface area contributed by atoms with E-state index in [1.54, 1.807) is 48.5 Å². The minimum Gasteiger partial charge on any atom is -0.422 e. The Balaban J connectivity index is 1.83. The molecule has 9 heteroatoms. The van der Waals surface area contributed by atoms with E-state index in [1.807, 2.05) is 6.07 Å². The van der Waals surface area contributed by atoms with Gasteiger partial charge in [-0.1, -0.05) is 71.7 Å². The summed E-state index contributed by atoms with van der Waals surface area (Å²) < 4.78 is 32.5. The van der Waals surface area contributed by atoms with Crippen LogP contribution in [0.1, 0.15) is 11.5 Å². The third-order valence-corrected chi connectivity index (χ3v) is 5.96. The summed E-state index contributed by atoms with van der Waals surface area (Å²) in [6.45, 7) is 0. The number of carbonyl (C=O) groups excluding carboxylic acids is 1. The molecule has 0 aliphatic carbocycles. The summed E-state index contributed by atoms with van der Waals surface area (Å²) in [6.07, 6.45) is 0. The number of ether oxygens (including phenoxy) is 1. The van der Waals surface area contributed by atoms with Crippen LogP contribution in [0.5, 0.6) is 5.75 Å². The quantitative estimate of drug-likeness (QED) is 0.411. The molecule has 3 aromatic rings. The lowest BCUT2D eigenvalue weighted by molar-refractivity contribution is -0.134. The number of hydrogen-bond acceptors (Lipinski definition) is 5. The number of carbonyl (C=O) groups is 1. The standard InChI is InChI=1S/C21H14Cl2N2O4S/c22-18-11-15(25-30(27,28)16-9-5-2-6-10-16)12-19(23)20(18)29-21(26)17(13-24)14-7-3-1-4-8-14/h1-12,17,25H. The number of nitrogens with one attached hydrogen (secondary N) is 1. The molecule has 0 fully saturated rings. The maximum Gasteiger partial charge on any atom is 0.333 e. The second-order valence-corrected chi connectivity index (χ2v) is 8.58. The number of nitrogens with zero attached hydrogens (tertiary/aromatic N) is 1. The second kappa shape index (κ2) is 9.18. The third kappa shape index (κ3) is 4.92. The molecule has 0 heterocycles. The predicted octanol–water partition coefficient (Wildman–Crippen LogP) is 5.01. The number of hydrogen-bond donors (Lipinski definition) is 1. The molecule has 1 atom stereocenters. The Morgan fingerprint density at radius 2 is 1.50 bits per heavy atom. The van der Waals surface area contributed by atoms with Crippen LogP contribution < -0.4 is 9.46 Å². The number of esters is 1. The molecule has 0 aliphatic rings. The van der Waals surface area contributed by atoms with Gasteiger partial charge in [-0.3, -0.25) is 4.72 Å². The highest BCUT2D eigenvalue weighted by molar-refractivity contribution is 7.92. The van der Waals surface area contributed by atoms with Gasteiger partial charge in [-0.15, -0.1) is 0 Å². The first-order valence-electron chi connectivity index (χ1n) is 8.55. The third-order valence-electron chi connectivity index (χ3n) is 4.00. The highest BCUT2D eigenvalue weighted by Gasteiger charge is 2.25. The Morgan fingerprint density at radius 1 is 0.967 bits per heavy atom. The molecule has 1 N–H and O–H groups in total. The van der Waals surface area contributed by atoms with Crippen molar-refractivity contribution >= 4 is 44.9 Å². The molecular weight excluding hydrogens is 447 g/mol. The van der Waals surface area contributed by atoms with Gasteiger partial charge in [-0.25, -0.2) is 13.2 Å². The molecule has 0 radical (unpaired) electrons. The van der Waals surface area contributed by atoms with Crippen molar-refractivity contribution in [1.29, 1.82) is 5.26 Å². The van der Waals surface area contributed by atoms with Crippen molar-refractivity contribution in [3.05, 3.63) is 88.4 Å². The van der Waals surface area contributed by atoms with E-state index in [0.29, 0.717) is 5.56 Å². The van der Waals surface area contributed by atoms with Crippen LogP contribution in [-0.2, 0) is 14.8 Å². The summed E-state index contributed by atoms with van der Waals surface area (Å²) in [7, 11) is -3.85. The van der Waals surface area contributed by atoms with Crippen LogP contribution in [0.2, 0.25) is 10.0 Å². The van der Waals surface area contributed by atoms with E-state index < -0.39 is 21.9 Å². The molecule has 0 saturated heterocycles. The van der Waals surface area contributed by atoms with Crippen molar-refractivity contribution in [2.45, 2.75) is 10.8 Å². The van der Waals surface area contributed by atoms with E-state index >= 15 is 0 Å². The van der Waals surface area contributed by atoms with Gasteiger partial charge < -0.3 is 4.74 Å². The fourth-order valence-corrected chi connectivity index (χ4v) is 4.22. The highest BCUT2D eigenvalue weighted by Crippen LogP contribution is 2.37. The van der Waals surface area contributed by atoms with Gasteiger partial charge in [0.05, 0.1) is 26.7 Å². The lowest BCUT2D eigenvalue weighted by Gasteiger charge is -2.14. The van der Waals surface area contributed by atoms with Crippen LogP contribution in [0.4, 0.5) is 5.69 Å². The minimum absolute atomic E-state index is 0.0625. The van der Waals surface area contributed by atoms with Crippen molar-refractivity contribution < 1.29 is 17.9 Å². The Kier molecular flexibility index (Phi) is 6.63. The minimum atomic E-state index is -3.85. The van der Waals surface area contributed by atoms with Gasteiger partial charge in [0.2, 0.25) is 0 Å². The van der Waals surface area contributed by atoms with Crippen LogP contribution in [-0.4, -0.2) is 14.4 Å². The molecule has 152 valence electrons. The Labute approximate surface area is 183 Å². The molecule has 0 aliphatic heterocycles. The summed E-state index contributed by atoms with van der Waals surface area (Å²) >= 11 is 12.3. The molecule has 0 amide bonds. The predicted molar refractivity (Wildman–Crippen MR) is 114 cm³/mol. The van der Waals surface area contributed by atoms with Crippen molar-refractivity contribution in [3.8, 4) is 11.8 Å². The van der Waals surface area contributed by atoms with E-state index in [0.717, 1.165) is 0 Å². The number of anilines is 1. The van der Waals surface area contributed by atoms with Crippen LogP contribution in [0.3, 0.4) is 0 Å². The Bertz CT molecular complexity index is 1190. The number of rotatable bonds is 6. The van der Waals surface area contributed by atoms with E-state index in [4.69, 9.17) is 27.9 Å². The summed E-state index contributed by atoms with van der Waals surface area (Å²) in [6, 6.07) is 20.6. The summed E-state index contributed by atoms with van der Waals surface area (Å²) in [5.41, 5.74) is 0.554. The normalized spacial score (nSPS) is 11.9. The fourth-order valence-electron chi connectivity index (χ4n) is 2.60. The number of sulfonamides is 1.